The number of benzene rings is 2. The van der Waals surface area contributed by atoms with Gasteiger partial charge in [0.05, 0.1) is 8.07 Å². The molecule has 17 heavy (non-hydrogen) atoms. The van der Waals surface area contributed by atoms with Crippen molar-refractivity contribution in [2.24, 2.45) is 0 Å². The van der Waals surface area contributed by atoms with Crippen LogP contribution in [-0.4, -0.2) is 8.07 Å². The summed E-state index contributed by atoms with van der Waals surface area (Å²) in [7, 11) is -1.23. The summed E-state index contributed by atoms with van der Waals surface area (Å²) < 4.78 is 0. The van der Waals surface area contributed by atoms with Gasteiger partial charge in [-0.1, -0.05) is 72.8 Å². The normalized spacial score (nSPS) is 11.5. The van der Waals surface area contributed by atoms with Gasteiger partial charge in [0.2, 0.25) is 0 Å². The lowest BCUT2D eigenvalue weighted by atomic mass is 10.1. The minimum absolute atomic E-state index is 0.787. The molecule has 0 aliphatic rings. The predicted octanol–water partition coefficient (Wildman–Crippen LogP) is 4.55. The predicted molar refractivity (Wildman–Crippen MR) is 79.9 cm³/mol. The summed E-state index contributed by atoms with van der Waals surface area (Å²) in [5, 5.41) is 2.28. The standard InChI is InChI=1S/C15H17ClSi/c1-17(2,3)15-6-4-5-13(11-15)12-7-9-14(16)10-8-12/h4-11H,1-3H3. The van der Waals surface area contributed by atoms with Crippen LogP contribution < -0.4 is 5.19 Å². The van der Waals surface area contributed by atoms with Crippen molar-refractivity contribution in [1.29, 1.82) is 0 Å². The average molecular weight is 261 g/mol. The fourth-order valence-corrected chi connectivity index (χ4v) is 3.12. The fourth-order valence-electron chi connectivity index (χ4n) is 1.81. The zero-order valence-corrected chi connectivity index (χ0v) is 12.3. The van der Waals surface area contributed by atoms with E-state index >= 15 is 0 Å². The first kappa shape index (κ1) is 12.4. The van der Waals surface area contributed by atoms with Crippen molar-refractivity contribution in [2.75, 3.05) is 0 Å². The van der Waals surface area contributed by atoms with Crippen LogP contribution in [0.3, 0.4) is 0 Å². The smallest absolute Gasteiger partial charge is 0.0776 e. The zero-order valence-electron chi connectivity index (χ0n) is 10.5. The first-order valence-corrected chi connectivity index (χ1v) is 9.71. The minimum atomic E-state index is -1.23. The molecule has 0 spiro atoms. The molecule has 0 heterocycles. The Morgan fingerprint density at radius 1 is 0.824 bits per heavy atom. The molecule has 0 saturated carbocycles. The van der Waals surface area contributed by atoms with Gasteiger partial charge in [-0.25, -0.2) is 0 Å². The van der Waals surface area contributed by atoms with Crippen LogP contribution in [0.4, 0.5) is 0 Å². The molecule has 88 valence electrons. The van der Waals surface area contributed by atoms with Crippen LogP contribution in [0.2, 0.25) is 24.7 Å². The van der Waals surface area contributed by atoms with E-state index in [0.29, 0.717) is 0 Å². The van der Waals surface area contributed by atoms with Crippen LogP contribution in [0.25, 0.3) is 11.1 Å². The Morgan fingerprint density at radius 2 is 1.47 bits per heavy atom. The Kier molecular flexibility index (Phi) is 3.41. The average Bonchev–Trinajstić information content (AvgIpc) is 2.29. The van der Waals surface area contributed by atoms with Gasteiger partial charge in [0.15, 0.2) is 0 Å². The highest BCUT2D eigenvalue weighted by Crippen LogP contribution is 2.21. The summed E-state index contributed by atoms with van der Waals surface area (Å²) in [6.45, 7) is 7.11. The molecule has 0 fully saturated rings. The van der Waals surface area contributed by atoms with Crippen LogP contribution in [0.1, 0.15) is 0 Å². The molecule has 0 atom stereocenters. The molecule has 0 unspecified atom stereocenters. The topological polar surface area (TPSA) is 0 Å². The van der Waals surface area contributed by atoms with E-state index in [0.717, 1.165) is 5.02 Å². The second kappa shape index (κ2) is 4.67. The summed E-state index contributed by atoms with van der Waals surface area (Å²) in [5.74, 6) is 0. The van der Waals surface area contributed by atoms with E-state index in [9.17, 15) is 0 Å². The molecule has 2 aromatic rings. The van der Waals surface area contributed by atoms with E-state index in [2.05, 4.69) is 56.0 Å². The molecular weight excluding hydrogens is 244 g/mol. The lowest BCUT2D eigenvalue weighted by Crippen LogP contribution is -2.37. The van der Waals surface area contributed by atoms with Crippen LogP contribution in [0.5, 0.6) is 0 Å². The summed E-state index contributed by atoms with van der Waals surface area (Å²) in [4.78, 5) is 0. The molecular formula is C15H17ClSi. The Hall–Kier alpha value is -1.05. The molecule has 0 nitrogen and oxygen atoms in total. The van der Waals surface area contributed by atoms with Crippen molar-refractivity contribution >= 4 is 24.9 Å². The molecule has 0 N–H and O–H groups in total. The van der Waals surface area contributed by atoms with Crippen LogP contribution in [0.15, 0.2) is 48.5 Å². The second-order valence-electron chi connectivity index (χ2n) is 5.34. The molecule has 0 aromatic heterocycles. The maximum absolute atomic E-state index is 5.91. The fraction of sp³-hybridized carbons (Fsp3) is 0.200. The van der Waals surface area contributed by atoms with Gasteiger partial charge >= 0.3 is 0 Å². The maximum atomic E-state index is 5.91. The quantitative estimate of drug-likeness (QED) is 0.695. The monoisotopic (exact) mass is 260 g/mol. The Morgan fingerprint density at radius 3 is 2.06 bits per heavy atom. The molecule has 0 aliphatic carbocycles. The van der Waals surface area contributed by atoms with Gasteiger partial charge in [0.25, 0.3) is 0 Å². The molecule has 2 heteroatoms. The van der Waals surface area contributed by atoms with Crippen molar-refractivity contribution < 1.29 is 0 Å². The molecule has 2 aromatic carbocycles. The Labute approximate surface area is 109 Å². The van der Waals surface area contributed by atoms with Gasteiger partial charge in [0, 0.05) is 5.02 Å². The van der Waals surface area contributed by atoms with Gasteiger partial charge in [-0.3, -0.25) is 0 Å². The maximum Gasteiger partial charge on any atom is 0.0776 e. The van der Waals surface area contributed by atoms with E-state index in [1.807, 2.05) is 12.1 Å². The molecule has 0 bridgehead atoms. The third kappa shape index (κ3) is 2.99. The summed E-state index contributed by atoms with van der Waals surface area (Å²) in [6, 6.07) is 16.9. The molecule has 2 rings (SSSR count). The van der Waals surface area contributed by atoms with E-state index in [4.69, 9.17) is 11.6 Å². The van der Waals surface area contributed by atoms with Crippen molar-refractivity contribution in [3.63, 3.8) is 0 Å². The van der Waals surface area contributed by atoms with Crippen molar-refractivity contribution in [2.45, 2.75) is 19.6 Å². The lowest BCUT2D eigenvalue weighted by molar-refractivity contribution is 1.62. The van der Waals surface area contributed by atoms with Gasteiger partial charge in [-0.15, -0.1) is 0 Å². The van der Waals surface area contributed by atoms with Gasteiger partial charge < -0.3 is 0 Å². The van der Waals surface area contributed by atoms with Crippen LogP contribution in [-0.2, 0) is 0 Å². The van der Waals surface area contributed by atoms with E-state index in [1.54, 1.807) is 0 Å². The first-order chi connectivity index (χ1) is 7.97. The third-order valence-corrected chi connectivity index (χ3v) is 5.20. The molecule has 0 saturated heterocycles. The number of rotatable bonds is 2. The SMILES string of the molecule is C[Si](C)(C)c1cccc(-c2ccc(Cl)cc2)c1. The largest absolute Gasteiger partial charge is 0.0843 e. The van der Waals surface area contributed by atoms with Crippen molar-refractivity contribution in [3.05, 3.63) is 53.6 Å². The van der Waals surface area contributed by atoms with E-state index < -0.39 is 8.07 Å². The Balaban J connectivity index is 2.43. The van der Waals surface area contributed by atoms with Gasteiger partial charge in [0.1, 0.15) is 0 Å². The highest BCUT2D eigenvalue weighted by Gasteiger charge is 2.16. The number of hydrogen-bond donors (Lipinski definition) is 0. The van der Waals surface area contributed by atoms with Crippen molar-refractivity contribution in [3.8, 4) is 11.1 Å². The van der Waals surface area contributed by atoms with Crippen molar-refractivity contribution in [1.82, 2.24) is 0 Å². The highest BCUT2D eigenvalue weighted by molar-refractivity contribution is 6.88. The van der Waals surface area contributed by atoms with Gasteiger partial charge in [-0.2, -0.15) is 0 Å². The van der Waals surface area contributed by atoms with Gasteiger partial charge in [-0.05, 0) is 23.3 Å². The second-order valence-corrected chi connectivity index (χ2v) is 10.9. The summed E-state index contributed by atoms with van der Waals surface area (Å²) in [5.41, 5.74) is 2.51. The number of hydrogen-bond acceptors (Lipinski definition) is 0. The van der Waals surface area contributed by atoms with E-state index in [1.165, 1.54) is 16.3 Å². The third-order valence-electron chi connectivity index (χ3n) is 2.91. The van der Waals surface area contributed by atoms with Crippen LogP contribution in [0, 0.1) is 0 Å². The lowest BCUT2D eigenvalue weighted by Gasteiger charge is -2.17. The van der Waals surface area contributed by atoms with E-state index in [-0.39, 0.29) is 0 Å². The minimum Gasteiger partial charge on any atom is -0.0843 e. The first-order valence-electron chi connectivity index (χ1n) is 5.83. The molecule has 0 amide bonds. The molecule has 0 radical (unpaired) electrons. The number of halogens is 1. The summed E-state index contributed by atoms with van der Waals surface area (Å²) >= 11 is 5.91. The molecule has 0 aliphatic heterocycles. The highest BCUT2D eigenvalue weighted by atomic mass is 35.5. The summed E-state index contributed by atoms with van der Waals surface area (Å²) in [6.07, 6.45) is 0. The van der Waals surface area contributed by atoms with Crippen LogP contribution >= 0.6 is 11.6 Å². The Bertz CT molecular complexity index is 509. The zero-order chi connectivity index (χ0) is 12.5.